The van der Waals surface area contributed by atoms with Crippen molar-refractivity contribution in [3.05, 3.63) is 45.9 Å². The minimum Gasteiger partial charge on any atom is -0.240 e. The van der Waals surface area contributed by atoms with Crippen molar-refractivity contribution >= 4 is 27.6 Å². The summed E-state index contributed by atoms with van der Waals surface area (Å²) in [5.41, 5.74) is 1.63. The van der Waals surface area contributed by atoms with E-state index in [0.717, 1.165) is 10.6 Å². The second-order valence-corrected chi connectivity index (χ2v) is 6.68. The van der Waals surface area contributed by atoms with Crippen molar-refractivity contribution < 1.29 is 8.42 Å². The maximum Gasteiger partial charge on any atom is 0.276 e. The molecule has 0 aliphatic heterocycles. The number of hydrogen-bond donors (Lipinski definition) is 1. The average molecular weight is 295 g/mol. The van der Waals surface area contributed by atoms with Crippen molar-refractivity contribution in [2.75, 3.05) is 0 Å². The van der Waals surface area contributed by atoms with Crippen LogP contribution >= 0.6 is 11.3 Å². The van der Waals surface area contributed by atoms with E-state index in [-0.39, 0.29) is 4.90 Å². The lowest BCUT2D eigenvalue weighted by Crippen LogP contribution is -2.18. The number of nitrogens with zero attached hydrogens (tertiary/aromatic N) is 2. The van der Waals surface area contributed by atoms with Crippen LogP contribution in [0.3, 0.4) is 0 Å². The van der Waals surface area contributed by atoms with Gasteiger partial charge in [0, 0.05) is 5.38 Å². The van der Waals surface area contributed by atoms with Crippen LogP contribution in [-0.2, 0) is 10.0 Å². The van der Waals surface area contributed by atoms with Crippen LogP contribution in [0.4, 0.5) is 0 Å². The van der Waals surface area contributed by atoms with Crippen LogP contribution in [0.15, 0.2) is 39.6 Å². The highest BCUT2D eigenvalue weighted by atomic mass is 32.2. The highest BCUT2D eigenvalue weighted by Crippen LogP contribution is 2.10. The summed E-state index contributed by atoms with van der Waals surface area (Å²) in [5, 5.41) is 6.42. The van der Waals surface area contributed by atoms with E-state index in [4.69, 9.17) is 0 Å². The summed E-state index contributed by atoms with van der Waals surface area (Å²) in [6.07, 6.45) is 1.38. The molecule has 0 atom stereocenters. The Bertz CT molecular complexity index is 688. The molecule has 5 nitrogen and oxygen atoms in total. The van der Waals surface area contributed by atoms with Crippen molar-refractivity contribution in [3.63, 3.8) is 0 Å². The zero-order valence-electron chi connectivity index (χ0n) is 10.5. The fraction of sp³-hybridized carbons (Fsp3) is 0.167. The molecule has 0 aliphatic rings. The molecule has 0 radical (unpaired) electrons. The van der Waals surface area contributed by atoms with E-state index in [9.17, 15) is 8.42 Å². The Morgan fingerprint density at radius 3 is 2.53 bits per heavy atom. The van der Waals surface area contributed by atoms with Gasteiger partial charge in [0.1, 0.15) is 0 Å². The highest BCUT2D eigenvalue weighted by Gasteiger charge is 2.11. The lowest BCUT2D eigenvalue weighted by molar-refractivity contribution is 0.584. The summed E-state index contributed by atoms with van der Waals surface area (Å²) in [6.45, 7) is 3.77. The fourth-order valence-corrected chi connectivity index (χ4v) is 2.73. The summed E-state index contributed by atoms with van der Waals surface area (Å²) in [4.78, 5) is 6.49. The van der Waals surface area contributed by atoms with Crippen LogP contribution < -0.4 is 4.83 Å². The van der Waals surface area contributed by atoms with E-state index in [2.05, 4.69) is 14.9 Å². The molecule has 0 spiro atoms. The van der Waals surface area contributed by atoms with Gasteiger partial charge in [-0.2, -0.15) is 13.5 Å². The van der Waals surface area contributed by atoms with Gasteiger partial charge in [0.25, 0.3) is 10.0 Å². The van der Waals surface area contributed by atoms with Gasteiger partial charge >= 0.3 is 0 Å². The third kappa shape index (κ3) is 3.62. The van der Waals surface area contributed by atoms with Gasteiger partial charge in [-0.05, 0) is 26.0 Å². The minimum absolute atomic E-state index is 0.185. The van der Waals surface area contributed by atoms with Gasteiger partial charge in [0.15, 0.2) is 0 Å². The minimum atomic E-state index is -3.61. The van der Waals surface area contributed by atoms with Crippen LogP contribution in [-0.4, -0.2) is 19.6 Å². The molecular formula is C12H13N3O2S2. The Morgan fingerprint density at radius 2 is 1.95 bits per heavy atom. The topological polar surface area (TPSA) is 71.4 Å². The Morgan fingerprint density at radius 1 is 1.26 bits per heavy atom. The largest absolute Gasteiger partial charge is 0.276 e. The second kappa shape index (κ2) is 5.50. The van der Waals surface area contributed by atoms with Crippen LogP contribution in [0.1, 0.15) is 16.3 Å². The third-order valence-electron chi connectivity index (χ3n) is 2.34. The van der Waals surface area contributed by atoms with Gasteiger partial charge in [-0.25, -0.2) is 9.82 Å². The predicted octanol–water partition coefficient (Wildman–Crippen LogP) is 2.07. The first-order chi connectivity index (χ1) is 8.97. The number of aromatic nitrogens is 1. The van der Waals surface area contributed by atoms with Crippen LogP contribution in [0, 0.1) is 13.8 Å². The van der Waals surface area contributed by atoms with Gasteiger partial charge in [0.2, 0.25) is 0 Å². The molecule has 1 aromatic heterocycles. The first-order valence-corrected chi connectivity index (χ1v) is 7.87. The van der Waals surface area contributed by atoms with E-state index < -0.39 is 10.0 Å². The number of sulfonamides is 1. The Kier molecular flexibility index (Phi) is 3.96. The number of hydrogen-bond acceptors (Lipinski definition) is 5. The molecule has 0 fully saturated rings. The maximum absolute atomic E-state index is 11.9. The monoisotopic (exact) mass is 295 g/mol. The summed E-state index contributed by atoms with van der Waals surface area (Å²) < 4.78 is 23.8. The predicted molar refractivity (Wildman–Crippen MR) is 75.9 cm³/mol. The van der Waals surface area contributed by atoms with Gasteiger partial charge in [-0.1, -0.05) is 17.7 Å². The van der Waals surface area contributed by atoms with Crippen LogP contribution in [0.2, 0.25) is 0 Å². The number of aryl methyl sites for hydroxylation is 2. The molecule has 0 bridgehead atoms. The van der Waals surface area contributed by atoms with Crippen molar-refractivity contribution in [1.82, 2.24) is 9.82 Å². The van der Waals surface area contributed by atoms with Gasteiger partial charge in [-0.15, -0.1) is 11.3 Å². The second-order valence-electron chi connectivity index (χ2n) is 3.96. The molecule has 1 N–H and O–H groups in total. The van der Waals surface area contributed by atoms with Crippen molar-refractivity contribution in [2.24, 2.45) is 5.10 Å². The summed E-state index contributed by atoms with van der Waals surface area (Å²) in [7, 11) is -3.61. The molecule has 0 aliphatic carbocycles. The SMILES string of the molecule is Cc1ccc(S(=O)(=O)N/N=C\c2csc(C)n2)cc1. The van der Waals surface area contributed by atoms with Crippen LogP contribution in [0.25, 0.3) is 0 Å². The first kappa shape index (κ1) is 13.7. The van der Waals surface area contributed by atoms with Crippen molar-refractivity contribution in [2.45, 2.75) is 18.7 Å². The Balaban J connectivity index is 2.09. The number of hydrazone groups is 1. The Labute approximate surface area is 116 Å². The molecule has 1 aromatic carbocycles. The first-order valence-electron chi connectivity index (χ1n) is 5.51. The van der Waals surface area contributed by atoms with Crippen molar-refractivity contribution in [3.8, 4) is 0 Å². The molecule has 19 heavy (non-hydrogen) atoms. The number of rotatable bonds is 4. The number of benzene rings is 1. The van der Waals surface area contributed by atoms with Crippen LogP contribution in [0.5, 0.6) is 0 Å². The van der Waals surface area contributed by atoms with E-state index >= 15 is 0 Å². The molecule has 2 aromatic rings. The molecule has 0 amide bonds. The van der Waals surface area contributed by atoms with E-state index in [1.165, 1.54) is 17.6 Å². The molecule has 2 rings (SSSR count). The highest BCUT2D eigenvalue weighted by molar-refractivity contribution is 7.89. The molecule has 7 heteroatoms. The molecule has 0 saturated carbocycles. The standard InChI is InChI=1S/C12H13N3O2S2/c1-9-3-5-12(6-4-9)19(16,17)15-13-7-11-8-18-10(2)14-11/h3-8,15H,1-2H3/b13-7-. The fourth-order valence-electron chi connectivity index (χ4n) is 1.37. The molecule has 0 saturated heterocycles. The quantitative estimate of drug-likeness (QED) is 0.693. The molecule has 0 unspecified atom stereocenters. The average Bonchev–Trinajstić information content (AvgIpc) is 2.75. The van der Waals surface area contributed by atoms with E-state index in [0.29, 0.717) is 5.69 Å². The normalized spacial score (nSPS) is 11.9. The third-order valence-corrected chi connectivity index (χ3v) is 4.37. The summed E-state index contributed by atoms with van der Waals surface area (Å²) >= 11 is 1.48. The van der Waals surface area contributed by atoms with Crippen molar-refractivity contribution in [1.29, 1.82) is 0 Å². The lowest BCUT2D eigenvalue weighted by Gasteiger charge is -2.02. The molecule has 100 valence electrons. The zero-order valence-corrected chi connectivity index (χ0v) is 12.1. The smallest absolute Gasteiger partial charge is 0.240 e. The van der Waals surface area contributed by atoms with E-state index in [1.807, 2.05) is 13.8 Å². The number of nitrogens with one attached hydrogen (secondary N) is 1. The van der Waals surface area contributed by atoms with Gasteiger partial charge < -0.3 is 0 Å². The Hall–Kier alpha value is -1.73. The molecule has 1 heterocycles. The van der Waals surface area contributed by atoms with Gasteiger partial charge in [-0.3, -0.25) is 0 Å². The molecular weight excluding hydrogens is 282 g/mol. The van der Waals surface area contributed by atoms with Gasteiger partial charge in [0.05, 0.1) is 21.8 Å². The zero-order chi connectivity index (χ0) is 13.9. The summed E-state index contributed by atoms with van der Waals surface area (Å²) in [5.74, 6) is 0. The lowest BCUT2D eigenvalue weighted by atomic mass is 10.2. The number of thiazole rings is 1. The maximum atomic E-state index is 11.9. The summed E-state index contributed by atoms with van der Waals surface area (Å²) in [6, 6.07) is 6.56. The van der Waals surface area contributed by atoms with E-state index in [1.54, 1.807) is 29.6 Å².